The Bertz CT molecular complexity index is 699. The lowest BCUT2D eigenvalue weighted by atomic mass is 10.1. The number of amides is 1. The molecule has 0 aliphatic carbocycles. The number of halogens is 3. The Morgan fingerprint density at radius 2 is 1.91 bits per heavy atom. The van der Waals surface area contributed by atoms with E-state index in [0.29, 0.717) is 5.75 Å². The van der Waals surface area contributed by atoms with Crippen LogP contribution in [0.25, 0.3) is 0 Å². The van der Waals surface area contributed by atoms with Gasteiger partial charge in [0.15, 0.2) is 0 Å². The van der Waals surface area contributed by atoms with Gasteiger partial charge in [0, 0.05) is 11.3 Å². The van der Waals surface area contributed by atoms with Crippen LogP contribution in [0.5, 0.6) is 5.75 Å². The molecule has 0 saturated heterocycles. The average Bonchev–Trinajstić information content (AvgIpc) is 2.46. The van der Waals surface area contributed by atoms with Gasteiger partial charge < -0.3 is 15.8 Å². The number of alkyl halides is 3. The van der Waals surface area contributed by atoms with Gasteiger partial charge in [0.05, 0.1) is 18.4 Å². The Labute approximate surface area is 124 Å². The molecule has 3 N–H and O–H groups in total. The van der Waals surface area contributed by atoms with Crippen molar-refractivity contribution in [1.29, 1.82) is 0 Å². The summed E-state index contributed by atoms with van der Waals surface area (Å²) in [7, 11) is 1.44. The van der Waals surface area contributed by atoms with Crippen LogP contribution in [0.2, 0.25) is 0 Å². The second-order valence-corrected chi connectivity index (χ2v) is 4.49. The van der Waals surface area contributed by atoms with Crippen molar-refractivity contribution in [3.05, 3.63) is 53.6 Å². The zero-order valence-corrected chi connectivity index (χ0v) is 11.6. The number of nitrogens with one attached hydrogen (secondary N) is 1. The fourth-order valence-electron chi connectivity index (χ4n) is 1.85. The Hall–Kier alpha value is -2.70. The summed E-state index contributed by atoms with van der Waals surface area (Å²) in [6, 6.07) is 8.77. The topological polar surface area (TPSA) is 64.3 Å². The normalized spacial score (nSPS) is 11.1. The van der Waals surface area contributed by atoms with E-state index in [1.807, 2.05) is 0 Å². The first kappa shape index (κ1) is 15.7. The number of carbonyl (C=O) groups is 1. The number of nitrogens with two attached hydrogens (primary N) is 1. The van der Waals surface area contributed by atoms with Gasteiger partial charge in [-0.3, -0.25) is 4.79 Å². The predicted molar refractivity (Wildman–Crippen MR) is 76.8 cm³/mol. The third-order valence-electron chi connectivity index (χ3n) is 2.94. The number of methoxy groups -OCH3 is 1. The van der Waals surface area contributed by atoms with E-state index >= 15 is 0 Å². The largest absolute Gasteiger partial charge is 0.495 e. The van der Waals surface area contributed by atoms with E-state index in [2.05, 4.69) is 5.32 Å². The van der Waals surface area contributed by atoms with Gasteiger partial charge in [-0.2, -0.15) is 13.2 Å². The summed E-state index contributed by atoms with van der Waals surface area (Å²) in [6.45, 7) is 0. The lowest BCUT2D eigenvalue weighted by Crippen LogP contribution is -2.13. The molecule has 0 saturated carbocycles. The van der Waals surface area contributed by atoms with Crippen molar-refractivity contribution in [2.24, 2.45) is 0 Å². The van der Waals surface area contributed by atoms with Gasteiger partial charge in [-0.05, 0) is 36.4 Å². The van der Waals surface area contributed by atoms with Crippen LogP contribution in [0, 0.1) is 0 Å². The van der Waals surface area contributed by atoms with Crippen LogP contribution in [0.4, 0.5) is 24.5 Å². The molecule has 4 nitrogen and oxygen atoms in total. The minimum atomic E-state index is -4.47. The highest BCUT2D eigenvalue weighted by atomic mass is 19.4. The Morgan fingerprint density at radius 3 is 2.50 bits per heavy atom. The number of ether oxygens (including phenoxy) is 1. The van der Waals surface area contributed by atoms with Gasteiger partial charge >= 0.3 is 6.18 Å². The van der Waals surface area contributed by atoms with E-state index in [1.54, 1.807) is 0 Å². The first-order valence-electron chi connectivity index (χ1n) is 6.23. The van der Waals surface area contributed by atoms with E-state index in [0.717, 1.165) is 12.1 Å². The second-order valence-electron chi connectivity index (χ2n) is 4.49. The van der Waals surface area contributed by atoms with E-state index < -0.39 is 17.6 Å². The molecule has 116 valence electrons. The molecule has 0 unspecified atom stereocenters. The highest BCUT2D eigenvalue weighted by molar-refractivity contribution is 6.05. The third kappa shape index (κ3) is 3.49. The maximum absolute atomic E-state index is 12.6. The standard InChI is InChI=1S/C15H13F3N2O2/c1-22-13-6-5-9(7-12(13)19)14(21)20-11-4-2-3-10(8-11)15(16,17)18/h2-8H,19H2,1H3,(H,20,21). The van der Waals surface area contributed by atoms with Crippen LogP contribution in [0.15, 0.2) is 42.5 Å². The summed E-state index contributed by atoms with van der Waals surface area (Å²) in [5, 5.41) is 2.40. The average molecular weight is 310 g/mol. The first-order chi connectivity index (χ1) is 10.3. The Morgan fingerprint density at radius 1 is 1.18 bits per heavy atom. The van der Waals surface area contributed by atoms with E-state index in [-0.39, 0.29) is 16.9 Å². The lowest BCUT2D eigenvalue weighted by Gasteiger charge is -2.11. The molecule has 7 heteroatoms. The quantitative estimate of drug-likeness (QED) is 0.852. The highest BCUT2D eigenvalue weighted by Crippen LogP contribution is 2.31. The summed E-state index contributed by atoms with van der Waals surface area (Å²) in [5.74, 6) is -0.149. The molecule has 0 bridgehead atoms. The number of carbonyl (C=O) groups excluding carboxylic acids is 1. The zero-order valence-electron chi connectivity index (χ0n) is 11.6. The molecule has 2 aromatic rings. The third-order valence-corrected chi connectivity index (χ3v) is 2.94. The van der Waals surface area contributed by atoms with E-state index in [1.165, 1.54) is 37.4 Å². The molecule has 2 aromatic carbocycles. The smallest absolute Gasteiger partial charge is 0.416 e. The molecule has 0 atom stereocenters. The predicted octanol–water partition coefficient (Wildman–Crippen LogP) is 3.55. The molecule has 1 amide bonds. The number of hydrogen-bond donors (Lipinski definition) is 2. The Kier molecular flexibility index (Phi) is 4.25. The molecular formula is C15H13F3N2O2. The van der Waals surface area contributed by atoms with Crippen LogP contribution in [0.3, 0.4) is 0 Å². The number of benzene rings is 2. The van der Waals surface area contributed by atoms with E-state index in [4.69, 9.17) is 10.5 Å². The van der Waals surface area contributed by atoms with Crippen LogP contribution < -0.4 is 15.8 Å². The van der Waals surface area contributed by atoms with E-state index in [9.17, 15) is 18.0 Å². The van der Waals surface area contributed by atoms with Crippen molar-refractivity contribution >= 4 is 17.3 Å². The van der Waals surface area contributed by atoms with Crippen molar-refractivity contribution < 1.29 is 22.7 Å². The molecule has 0 aliphatic heterocycles. The second kappa shape index (κ2) is 5.97. The lowest BCUT2D eigenvalue weighted by molar-refractivity contribution is -0.137. The SMILES string of the molecule is COc1ccc(C(=O)Nc2cccc(C(F)(F)F)c2)cc1N. The number of hydrogen-bond acceptors (Lipinski definition) is 3. The summed E-state index contributed by atoms with van der Waals surface area (Å²) in [6.07, 6.45) is -4.47. The number of anilines is 2. The van der Waals surface area contributed by atoms with Crippen molar-refractivity contribution in [2.75, 3.05) is 18.2 Å². The molecule has 0 aromatic heterocycles. The maximum Gasteiger partial charge on any atom is 0.416 e. The molecule has 0 aliphatic rings. The fourth-order valence-corrected chi connectivity index (χ4v) is 1.85. The van der Waals surface area contributed by atoms with Gasteiger partial charge in [0.1, 0.15) is 5.75 Å². The summed E-state index contributed by atoms with van der Waals surface area (Å²) >= 11 is 0. The van der Waals surface area contributed by atoms with Crippen LogP contribution in [-0.4, -0.2) is 13.0 Å². The van der Waals surface area contributed by atoms with Gasteiger partial charge in [-0.15, -0.1) is 0 Å². The van der Waals surface area contributed by atoms with Gasteiger partial charge in [0.25, 0.3) is 5.91 Å². The van der Waals surface area contributed by atoms with Crippen LogP contribution in [-0.2, 0) is 6.18 Å². The summed E-state index contributed by atoms with van der Waals surface area (Å²) < 4.78 is 42.8. The van der Waals surface area contributed by atoms with Crippen LogP contribution >= 0.6 is 0 Å². The molecule has 0 spiro atoms. The number of rotatable bonds is 3. The Balaban J connectivity index is 2.20. The molecular weight excluding hydrogens is 297 g/mol. The molecule has 0 fully saturated rings. The first-order valence-corrected chi connectivity index (χ1v) is 6.23. The summed E-state index contributed by atoms with van der Waals surface area (Å²) in [4.78, 5) is 12.0. The van der Waals surface area contributed by atoms with Gasteiger partial charge in [-0.1, -0.05) is 6.07 Å². The van der Waals surface area contributed by atoms with Gasteiger partial charge in [-0.25, -0.2) is 0 Å². The minimum Gasteiger partial charge on any atom is -0.495 e. The fraction of sp³-hybridized carbons (Fsp3) is 0.133. The van der Waals surface area contributed by atoms with Crippen molar-refractivity contribution in [1.82, 2.24) is 0 Å². The minimum absolute atomic E-state index is 0.0502. The number of nitrogen functional groups attached to an aromatic ring is 1. The van der Waals surface area contributed by atoms with Crippen LogP contribution in [0.1, 0.15) is 15.9 Å². The van der Waals surface area contributed by atoms with Crippen molar-refractivity contribution in [2.45, 2.75) is 6.18 Å². The zero-order chi connectivity index (χ0) is 16.3. The van der Waals surface area contributed by atoms with Crippen molar-refractivity contribution in [3.8, 4) is 5.75 Å². The van der Waals surface area contributed by atoms with Crippen molar-refractivity contribution in [3.63, 3.8) is 0 Å². The highest BCUT2D eigenvalue weighted by Gasteiger charge is 2.30. The molecule has 2 rings (SSSR count). The monoisotopic (exact) mass is 310 g/mol. The molecule has 0 heterocycles. The van der Waals surface area contributed by atoms with Gasteiger partial charge in [0.2, 0.25) is 0 Å². The molecule has 0 radical (unpaired) electrons. The molecule has 22 heavy (non-hydrogen) atoms. The maximum atomic E-state index is 12.6. The summed E-state index contributed by atoms with van der Waals surface area (Å²) in [5.41, 5.74) is 5.39.